The molecule has 216 valence electrons. The van der Waals surface area contributed by atoms with Gasteiger partial charge >= 0.3 is 29.8 Å². The maximum atomic E-state index is 14.1. The minimum absolute atomic E-state index is 0.00952. The number of rotatable bonds is 7. The SMILES string of the molecule is CC(=O)Oc1ccc([C@H]2C(=O)c3cc(OC(C)=O)cc(OC(C)=O)c3[C@@H]2c2cc(OC(C)=O)cc(OC(C)=O)c2)cc1. The van der Waals surface area contributed by atoms with Crippen molar-refractivity contribution in [1.82, 2.24) is 0 Å². The lowest BCUT2D eigenvalue weighted by molar-refractivity contribution is -0.133. The number of ether oxygens (including phenoxy) is 5. The highest BCUT2D eigenvalue weighted by Crippen LogP contribution is 2.53. The third kappa shape index (κ3) is 6.69. The maximum Gasteiger partial charge on any atom is 0.308 e. The Morgan fingerprint density at radius 3 is 1.43 bits per heavy atom. The van der Waals surface area contributed by atoms with Crippen LogP contribution in [0.5, 0.6) is 28.7 Å². The van der Waals surface area contributed by atoms with E-state index in [-0.39, 0.29) is 34.3 Å². The van der Waals surface area contributed by atoms with Crippen LogP contribution in [0.3, 0.4) is 0 Å². The highest BCUT2D eigenvalue weighted by Gasteiger charge is 2.45. The molecule has 0 aliphatic heterocycles. The highest BCUT2D eigenvalue weighted by atomic mass is 16.6. The third-order valence-electron chi connectivity index (χ3n) is 6.11. The Hall–Kier alpha value is -5.32. The number of hydrogen-bond acceptors (Lipinski definition) is 11. The molecule has 42 heavy (non-hydrogen) atoms. The zero-order chi connectivity index (χ0) is 30.7. The highest BCUT2D eigenvalue weighted by molar-refractivity contribution is 6.08. The van der Waals surface area contributed by atoms with Crippen molar-refractivity contribution >= 4 is 35.6 Å². The summed E-state index contributed by atoms with van der Waals surface area (Å²) in [5.41, 5.74) is 1.32. The Bertz CT molecular complexity index is 1580. The summed E-state index contributed by atoms with van der Waals surface area (Å²) < 4.78 is 26.4. The second kappa shape index (κ2) is 12.0. The molecule has 4 rings (SSSR count). The number of hydrogen-bond donors (Lipinski definition) is 0. The molecule has 0 aromatic heterocycles. The molecule has 2 atom stereocenters. The summed E-state index contributed by atoms with van der Waals surface area (Å²) in [6, 6.07) is 13.4. The van der Waals surface area contributed by atoms with Gasteiger partial charge in [-0.05, 0) is 41.5 Å². The first-order chi connectivity index (χ1) is 19.8. The number of carbonyl (C=O) groups excluding carboxylic acids is 6. The Kier molecular flexibility index (Phi) is 8.51. The zero-order valence-corrected chi connectivity index (χ0v) is 23.3. The maximum absolute atomic E-state index is 14.1. The van der Waals surface area contributed by atoms with Crippen molar-refractivity contribution in [2.45, 2.75) is 46.5 Å². The molecule has 11 heteroatoms. The van der Waals surface area contributed by atoms with Crippen molar-refractivity contribution in [2.24, 2.45) is 0 Å². The lowest BCUT2D eigenvalue weighted by Gasteiger charge is -2.23. The second-order valence-corrected chi connectivity index (χ2v) is 9.48. The van der Waals surface area contributed by atoms with Crippen LogP contribution in [-0.4, -0.2) is 35.6 Å². The predicted molar refractivity (Wildman–Crippen MR) is 145 cm³/mol. The van der Waals surface area contributed by atoms with E-state index in [1.165, 1.54) is 77.1 Å². The molecule has 0 radical (unpaired) electrons. The summed E-state index contributed by atoms with van der Waals surface area (Å²) in [7, 11) is 0. The second-order valence-electron chi connectivity index (χ2n) is 9.48. The van der Waals surface area contributed by atoms with Gasteiger partial charge in [-0.3, -0.25) is 28.8 Å². The summed E-state index contributed by atoms with van der Waals surface area (Å²) >= 11 is 0. The monoisotopic (exact) mass is 574 g/mol. The first-order valence-electron chi connectivity index (χ1n) is 12.7. The normalized spacial score (nSPS) is 15.3. The Morgan fingerprint density at radius 2 is 0.952 bits per heavy atom. The molecule has 0 saturated carbocycles. The first kappa shape index (κ1) is 29.7. The van der Waals surface area contributed by atoms with E-state index in [4.69, 9.17) is 23.7 Å². The predicted octanol–water partition coefficient (Wildman–Crippen LogP) is 4.43. The van der Waals surface area contributed by atoms with Crippen molar-refractivity contribution in [2.75, 3.05) is 0 Å². The van der Waals surface area contributed by atoms with E-state index >= 15 is 0 Å². The lowest BCUT2D eigenvalue weighted by atomic mass is 9.81. The largest absolute Gasteiger partial charge is 0.427 e. The van der Waals surface area contributed by atoms with Gasteiger partial charge in [0.05, 0.1) is 5.92 Å². The van der Waals surface area contributed by atoms with Crippen LogP contribution in [0, 0.1) is 0 Å². The zero-order valence-electron chi connectivity index (χ0n) is 23.3. The van der Waals surface area contributed by atoms with Crippen LogP contribution in [-0.2, 0) is 24.0 Å². The van der Waals surface area contributed by atoms with Crippen molar-refractivity contribution in [1.29, 1.82) is 0 Å². The summed E-state index contributed by atoms with van der Waals surface area (Å²) in [6.45, 7) is 6.04. The number of fused-ring (bicyclic) bond motifs is 1. The van der Waals surface area contributed by atoms with Gasteiger partial charge in [0, 0.05) is 63.8 Å². The van der Waals surface area contributed by atoms with Gasteiger partial charge < -0.3 is 23.7 Å². The van der Waals surface area contributed by atoms with Crippen LogP contribution in [0.25, 0.3) is 0 Å². The molecule has 1 aliphatic rings. The lowest BCUT2D eigenvalue weighted by Crippen LogP contribution is -2.15. The van der Waals surface area contributed by atoms with Crippen LogP contribution in [0.4, 0.5) is 0 Å². The van der Waals surface area contributed by atoms with Crippen LogP contribution in [0.15, 0.2) is 54.6 Å². The molecule has 0 fully saturated rings. The van der Waals surface area contributed by atoms with Gasteiger partial charge in [-0.2, -0.15) is 0 Å². The number of esters is 5. The van der Waals surface area contributed by atoms with Crippen molar-refractivity contribution in [3.8, 4) is 28.7 Å². The minimum Gasteiger partial charge on any atom is -0.427 e. The van der Waals surface area contributed by atoms with Gasteiger partial charge in [0.1, 0.15) is 28.7 Å². The average molecular weight is 575 g/mol. The molecule has 0 spiro atoms. The summed E-state index contributed by atoms with van der Waals surface area (Å²) in [4.78, 5) is 73.0. The molecule has 0 N–H and O–H groups in total. The fourth-order valence-corrected chi connectivity index (χ4v) is 4.91. The van der Waals surface area contributed by atoms with E-state index in [0.29, 0.717) is 16.7 Å². The first-order valence-corrected chi connectivity index (χ1v) is 12.7. The molecule has 0 amide bonds. The van der Waals surface area contributed by atoms with Crippen molar-refractivity contribution in [3.05, 3.63) is 76.9 Å². The quantitative estimate of drug-likeness (QED) is 0.291. The van der Waals surface area contributed by atoms with Gasteiger partial charge in [-0.1, -0.05) is 12.1 Å². The van der Waals surface area contributed by atoms with Gasteiger partial charge in [0.25, 0.3) is 0 Å². The van der Waals surface area contributed by atoms with Crippen LogP contribution in [0.2, 0.25) is 0 Å². The van der Waals surface area contributed by atoms with E-state index in [1.54, 1.807) is 12.1 Å². The molecule has 1 aliphatic carbocycles. The van der Waals surface area contributed by atoms with Gasteiger partial charge in [-0.15, -0.1) is 0 Å². The fourth-order valence-electron chi connectivity index (χ4n) is 4.91. The smallest absolute Gasteiger partial charge is 0.308 e. The average Bonchev–Trinajstić information content (AvgIpc) is 3.15. The Labute approximate surface area is 240 Å². The molecule has 0 unspecified atom stereocenters. The van der Waals surface area contributed by atoms with Gasteiger partial charge in [-0.25, -0.2) is 0 Å². The molecule has 0 heterocycles. The summed E-state index contributed by atoms with van der Waals surface area (Å²) in [5, 5.41) is 0. The number of carbonyl (C=O) groups is 6. The topological polar surface area (TPSA) is 149 Å². The number of ketones is 1. The van der Waals surface area contributed by atoms with E-state index < -0.39 is 47.5 Å². The molecular weight excluding hydrogens is 548 g/mol. The third-order valence-corrected chi connectivity index (χ3v) is 6.11. The van der Waals surface area contributed by atoms with Gasteiger partial charge in [0.15, 0.2) is 5.78 Å². The standard InChI is InChI=1S/C31H26O11/c1-15(32)38-22-8-6-20(7-9-22)29-28(21-10-23(39-16(2)33)12-24(11-21)40-17(3)34)30-26(31(29)37)13-25(41-18(4)35)14-27(30)42-19(5)36/h6-14,28-29H,1-5H3/t28-,29-/m1/s1. The molecule has 3 aromatic carbocycles. The Morgan fingerprint density at radius 1 is 0.500 bits per heavy atom. The molecular formula is C31H26O11. The molecule has 3 aromatic rings. The molecule has 0 bridgehead atoms. The summed E-state index contributed by atoms with van der Waals surface area (Å²) in [5.74, 6) is -5.00. The van der Waals surface area contributed by atoms with E-state index in [0.717, 1.165) is 0 Å². The summed E-state index contributed by atoms with van der Waals surface area (Å²) in [6.07, 6.45) is 0. The van der Waals surface area contributed by atoms with Crippen LogP contribution < -0.4 is 23.7 Å². The van der Waals surface area contributed by atoms with E-state index in [1.807, 2.05) is 0 Å². The van der Waals surface area contributed by atoms with E-state index in [9.17, 15) is 28.8 Å². The van der Waals surface area contributed by atoms with Crippen molar-refractivity contribution in [3.63, 3.8) is 0 Å². The Balaban J connectivity index is 1.99. The number of benzene rings is 3. The van der Waals surface area contributed by atoms with E-state index in [2.05, 4.69) is 0 Å². The number of Topliss-reactive ketones (excluding diaryl/α,β-unsaturated/α-hetero) is 1. The van der Waals surface area contributed by atoms with Crippen LogP contribution >= 0.6 is 0 Å². The molecule has 11 nitrogen and oxygen atoms in total. The van der Waals surface area contributed by atoms with Gasteiger partial charge in [0.2, 0.25) is 0 Å². The minimum atomic E-state index is -0.939. The fraction of sp³-hybridized carbons (Fsp3) is 0.226. The van der Waals surface area contributed by atoms with Crippen molar-refractivity contribution < 1.29 is 52.5 Å². The van der Waals surface area contributed by atoms with Crippen LogP contribution in [0.1, 0.15) is 73.5 Å². The molecule has 0 saturated heterocycles.